The van der Waals surface area contributed by atoms with Crippen molar-refractivity contribution >= 4 is 50.5 Å². The third kappa shape index (κ3) is 6.16. The van der Waals surface area contributed by atoms with Gasteiger partial charge in [-0.1, -0.05) is 40.9 Å². The molecule has 0 aliphatic heterocycles. The van der Waals surface area contributed by atoms with Crippen LogP contribution < -0.4 is 14.8 Å². The Kier molecular flexibility index (Phi) is 7.33. The Bertz CT molecular complexity index is 1230. The highest BCUT2D eigenvalue weighted by Gasteiger charge is 2.18. The van der Waals surface area contributed by atoms with Gasteiger partial charge in [-0.3, -0.25) is 9.52 Å². The predicted octanol–water partition coefficient (Wildman–Crippen LogP) is 5.82. The first-order valence-electron chi connectivity index (χ1n) is 9.67. The number of halogens is 2. The van der Waals surface area contributed by atoms with Crippen molar-refractivity contribution in [2.24, 2.45) is 0 Å². The van der Waals surface area contributed by atoms with E-state index in [-0.39, 0.29) is 16.5 Å². The van der Waals surface area contributed by atoms with Crippen LogP contribution in [0.5, 0.6) is 5.75 Å². The lowest BCUT2D eigenvalue weighted by molar-refractivity contribution is -0.122. The summed E-state index contributed by atoms with van der Waals surface area (Å²) in [6.07, 6.45) is -0.742. The number of anilines is 2. The fourth-order valence-corrected chi connectivity index (χ4v) is 4.53. The molecule has 168 valence electrons. The van der Waals surface area contributed by atoms with E-state index in [0.29, 0.717) is 21.5 Å². The minimum absolute atomic E-state index is 0.0196. The van der Waals surface area contributed by atoms with Crippen molar-refractivity contribution in [3.63, 3.8) is 0 Å². The number of carbonyl (C=O) groups is 1. The van der Waals surface area contributed by atoms with Crippen molar-refractivity contribution in [3.8, 4) is 5.75 Å². The molecule has 3 rings (SSSR count). The summed E-state index contributed by atoms with van der Waals surface area (Å²) in [6.45, 7) is 5.54. The number of nitrogens with one attached hydrogen (secondary N) is 2. The zero-order valence-corrected chi connectivity index (χ0v) is 20.0. The number of amides is 1. The van der Waals surface area contributed by atoms with Gasteiger partial charge in [0.2, 0.25) is 0 Å². The Hall–Kier alpha value is -2.74. The number of ether oxygens (including phenoxy) is 1. The maximum absolute atomic E-state index is 12.6. The summed E-state index contributed by atoms with van der Waals surface area (Å²) in [6, 6.07) is 15.9. The first-order chi connectivity index (χ1) is 15.0. The molecular weight excluding hydrogens is 471 g/mol. The van der Waals surface area contributed by atoms with E-state index >= 15 is 0 Å². The number of hydrogen-bond donors (Lipinski definition) is 2. The van der Waals surface area contributed by atoms with Crippen molar-refractivity contribution in [2.75, 3.05) is 10.0 Å². The molecule has 3 aromatic rings. The number of sulfonamides is 1. The SMILES string of the molecule is Cc1ccc(O[C@H](C)C(=O)Nc2ccc(S(=O)(=O)Nc3cc(Cl)cc(Cl)c3)cc2)c(C)c1. The van der Waals surface area contributed by atoms with E-state index in [9.17, 15) is 13.2 Å². The first-order valence-corrected chi connectivity index (χ1v) is 11.9. The number of aryl methyl sites for hydroxylation is 2. The van der Waals surface area contributed by atoms with Crippen LogP contribution in [0.4, 0.5) is 11.4 Å². The van der Waals surface area contributed by atoms with Crippen LogP contribution in [-0.2, 0) is 14.8 Å². The molecule has 32 heavy (non-hydrogen) atoms. The maximum Gasteiger partial charge on any atom is 0.265 e. The average molecular weight is 493 g/mol. The van der Waals surface area contributed by atoms with Gasteiger partial charge in [0.1, 0.15) is 5.75 Å². The summed E-state index contributed by atoms with van der Waals surface area (Å²) < 4.78 is 33.4. The third-order valence-electron chi connectivity index (χ3n) is 4.55. The molecule has 0 aromatic heterocycles. The van der Waals surface area contributed by atoms with Crippen LogP contribution in [-0.4, -0.2) is 20.4 Å². The van der Waals surface area contributed by atoms with Crippen LogP contribution >= 0.6 is 23.2 Å². The molecule has 0 fully saturated rings. The first kappa shape index (κ1) is 23.9. The summed E-state index contributed by atoms with van der Waals surface area (Å²) in [5, 5.41) is 3.34. The Balaban J connectivity index is 1.66. The molecule has 6 nitrogen and oxygen atoms in total. The van der Waals surface area contributed by atoms with Gasteiger partial charge in [-0.05, 0) is 74.9 Å². The molecule has 0 radical (unpaired) electrons. The highest BCUT2D eigenvalue weighted by Crippen LogP contribution is 2.25. The summed E-state index contributed by atoms with van der Waals surface area (Å²) in [5.41, 5.74) is 2.73. The van der Waals surface area contributed by atoms with Crippen LogP contribution in [0.25, 0.3) is 0 Å². The molecule has 0 bridgehead atoms. The maximum atomic E-state index is 12.6. The Morgan fingerprint density at radius 2 is 1.53 bits per heavy atom. The Morgan fingerprint density at radius 1 is 0.906 bits per heavy atom. The molecule has 1 atom stereocenters. The lowest BCUT2D eigenvalue weighted by Gasteiger charge is -2.17. The molecule has 2 N–H and O–H groups in total. The smallest absolute Gasteiger partial charge is 0.265 e. The zero-order valence-electron chi connectivity index (χ0n) is 17.6. The topological polar surface area (TPSA) is 84.5 Å². The van der Waals surface area contributed by atoms with E-state index in [1.165, 1.54) is 42.5 Å². The van der Waals surface area contributed by atoms with Gasteiger partial charge in [-0.2, -0.15) is 0 Å². The van der Waals surface area contributed by atoms with Crippen LogP contribution in [0.3, 0.4) is 0 Å². The van der Waals surface area contributed by atoms with Gasteiger partial charge in [0, 0.05) is 15.7 Å². The number of carbonyl (C=O) groups excluding carboxylic acids is 1. The monoisotopic (exact) mass is 492 g/mol. The molecule has 0 saturated carbocycles. The molecular formula is C23H22Cl2N2O4S. The van der Waals surface area contributed by atoms with Gasteiger partial charge < -0.3 is 10.1 Å². The second kappa shape index (κ2) is 9.81. The van der Waals surface area contributed by atoms with E-state index in [1.807, 2.05) is 32.0 Å². The normalized spacial score (nSPS) is 12.2. The van der Waals surface area contributed by atoms with Crippen molar-refractivity contribution in [3.05, 3.63) is 81.8 Å². The van der Waals surface area contributed by atoms with Crippen LogP contribution in [0.15, 0.2) is 65.6 Å². The van der Waals surface area contributed by atoms with Gasteiger partial charge in [0.05, 0.1) is 10.6 Å². The molecule has 0 aliphatic rings. The van der Waals surface area contributed by atoms with Crippen molar-refractivity contribution in [2.45, 2.75) is 31.8 Å². The lowest BCUT2D eigenvalue weighted by Crippen LogP contribution is -2.30. The van der Waals surface area contributed by atoms with E-state index in [4.69, 9.17) is 27.9 Å². The molecule has 0 unspecified atom stereocenters. The van der Waals surface area contributed by atoms with E-state index in [2.05, 4.69) is 10.0 Å². The van der Waals surface area contributed by atoms with Gasteiger partial charge in [-0.15, -0.1) is 0 Å². The van der Waals surface area contributed by atoms with Crippen LogP contribution in [0.1, 0.15) is 18.1 Å². The fraction of sp³-hybridized carbons (Fsp3) is 0.174. The number of benzene rings is 3. The Morgan fingerprint density at radius 3 is 2.12 bits per heavy atom. The highest BCUT2D eigenvalue weighted by atomic mass is 35.5. The minimum atomic E-state index is -3.86. The largest absolute Gasteiger partial charge is 0.481 e. The quantitative estimate of drug-likeness (QED) is 0.435. The molecule has 0 spiro atoms. The molecule has 0 aliphatic carbocycles. The second-order valence-corrected chi connectivity index (χ2v) is 9.86. The summed E-state index contributed by atoms with van der Waals surface area (Å²) in [7, 11) is -3.86. The zero-order chi connectivity index (χ0) is 23.5. The van der Waals surface area contributed by atoms with Gasteiger partial charge in [0.25, 0.3) is 15.9 Å². The molecule has 0 saturated heterocycles. The van der Waals surface area contributed by atoms with E-state index < -0.39 is 16.1 Å². The van der Waals surface area contributed by atoms with Gasteiger partial charge in [0.15, 0.2) is 6.10 Å². The second-order valence-electron chi connectivity index (χ2n) is 7.31. The summed E-state index contributed by atoms with van der Waals surface area (Å²) in [5.74, 6) is 0.277. The standard InChI is InChI=1S/C23H22Cl2N2O4S/c1-14-4-9-22(15(2)10-14)31-16(3)23(28)26-19-5-7-21(8-6-19)32(29,30)27-20-12-17(24)11-18(25)13-20/h4-13,16,27H,1-3H3,(H,26,28)/t16-/m1/s1. The van der Waals surface area contributed by atoms with Gasteiger partial charge >= 0.3 is 0 Å². The fourth-order valence-electron chi connectivity index (χ4n) is 2.96. The number of rotatable bonds is 7. The minimum Gasteiger partial charge on any atom is -0.481 e. The van der Waals surface area contributed by atoms with Crippen LogP contribution in [0, 0.1) is 13.8 Å². The highest BCUT2D eigenvalue weighted by molar-refractivity contribution is 7.92. The van der Waals surface area contributed by atoms with Crippen molar-refractivity contribution < 1.29 is 17.9 Å². The molecule has 0 heterocycles. The third-order valence-corrected chi connectivity index (χ3v) is 6.38. The molecule has 3 aromatic carbocycles. The van der Waals surface area contributed by atoms with Crippen LogP contribution in [0.2, 0.25) is 10.0 Å². The number of hydrogen-bond acceptors (Lipinski definition) is 4. The van der Waals surface area contributed by atoms with Crippen molar-refractivity contribution in [1.82, 2.24) is 0 Å². The lowest BCUT2D eigenvalue weighted by atomic mass is 10.1. The Labute approximate surface area is 197 Å². The molecule has 9 heteroatoms. The summed E-state index contributed by atoms with van der Waals surface area (Å²) >= 11 is 11.8. The van der Waals surface area contributed by atoms with E-state index in [1.54, 1.807) is 6.92 Å². The summed E-state index contributed by atoms with van der Waals surface area (Å²) in [4.78, 5) is 12.5. The van der Waals surface area contributed by atoms with Crippen molar-refractivity contribution in [1.29, 1.82) is 0 Å². The van der Waals surface area contributed by atoms with E-state index in [0.717, 1.165) is 11.1 Å². The molecule has 1 amide bonds. The van der Waals surface area contributed by atoms with Gasteiger partial charge in [-0.25, -0.2) is 8.42 Å². The predicted molar refractivity (Wildman–Crippen MR) is 128 cm³/mol. The average Bonchev–Trinajstić information content (AvgIpc) is 2.69.